The molecule has 5 heterocycles. The number of anilines is 1. The maximum absolute atomic E-state index is 13.6. The van der Waals surface area contributed by atoms with Crippen molar-refractivity contribution in [2.75, 3.05) is 84.0 Å². The van der Waals surface area contributed by atoms with Gasteiger partial charge < -0.3 is 51.9 Å². The van der Waals surface area contributed by atoms with E-state index >= 15 is 0 Å². The van der Waals surface area contributed by atoms with Crippen molar-refractivity contribution < 1.29 is 50.6 Å². The van der Waals surface area contributed by atoms with E-state index in [0.29, 0.717) is 68.3 Å². The highest BCUT2D eigenvalue weighted by Gasteiger charge is 2.49. The highest BCUT2D eigenvalue weighted by atomic mass is 35.5. The van der Waals surface area contributed by atoms with E-state index in [1.807, 2.05) is 29.2 Å². The number of aromatic hydroxyl groups is 1. The first-order valence-electron chi connectivity index (χ1n) is 18.2. The molecule has 5 fully saturated rings. The Labute approximate surface area is 315 Å². The highest BCUT2D eigenvalue weighted by Crippen LogP contribution is 2.49. The summed E-state index contributed by atoms with van der Waals surface area (Å²) in [6.45, 7) is 9.26. The van der Waals surface area contributed by atoms with Crippen LogP contribution in [0.1, 0.15) is 41.7 Å². The van der Waals surface area contributed by atoms with E-state index in [1.54, 1.807) is 21.9 Å². The first kappa shape index (κ1) is 38.3. The van der Waals surface area contributed by atoms with Crippen LogP contribution in [0.3, 0.4) is 0 Å². The van der Waals surface area contributed by atoms with Gasteiger partial charge in [-0.1, -0.05) is 24.3 Å². The van der Waals surface area contributed by atoms with Gasteiger partial charge in [-0.2, -0.15) is 0 Å². The van der Waals surface area contributed by atoms with Crippen molar-refractivity contribution in [2.24, 2.45) is 5.92 Å². The minimum atomic E-state index is -0.868. The molecule has 5 aliphatic heterocycles. The number of phenols is 1. The fraction of sp³-hybridized carbons (Fsp3) is 0.462. The molecule has 3 atom stereocenters. The highest BCUT2D eigenvalue weighted by molar-refractivity contribution is 6.03. The van der Waals surface area contributed by atoms with Gasteiger partial charge in [-0.05, 0) is 60.4 Å². The molecule has 0 saturated carbocycles. The van der Waals surface area contributed by atoms with E-state index in [1.165, 1.54) is 37.4 Å². The van der Waals surface area contributed by atoms with Crippen LogP contribution < -0.4 is 27.4 Å². The standard InChI is InChI=1S/C39H47FN6O6.ClH/c1-52-31-10-11-32(35(48)24-31)37-33(12-13-34(47)28-4-6-29(40)7-5-28)38(50)45(37)30-8-2-27(3-9-30)25-41-39(51)44-16-14-43(15-17-44)36(49)26-46-21-18-42(19-22-46)20-23-46;/h2-11,24,33-34,37,47H,12-23,25-26H2,1H3,(H-,41,48,51);1H. The van der Waals surface area contributed by atoms with Crippen LogP contribution in [0.5, 0.6) is 11.5 Å². The van der Waals surface area contributed by atoms with E-state index < -0.39 is 18.1 Å². The topological polar surface area (TPSA) is 126 Å². The number of ether oxygens (including phenoxy) is 1. The third-order valence-corrected chi connectivity index (χ3v) is 11.5. The zero-order valence-electron chi connectivity index (χ0n) is 30.0. The molecule has 14 heteroatoms. The number of nitrogens with zero attached hydrogens (tertiary/aromatic N) is 5. The summed E-state index contributed by atoms with van der Waals surface area (Å²) in [5.74, 6) is -0.335. The number of hydrogen-bond acceptors (Lipinski definition) is 7. The van der Waals surface area contributed by atoms with Gasteiger partial charge in [0, 0.05) is 69.7 Å². The Bertz CT molecular complexity index is 1750. The van der Waals surface area contributed by atoms with Crippen molar-refractivity contribution >= 4 is 23.5 Å². The minimum absolute atomic E-state index is 0. The predicted octanol–water partition coefficient (Wildman–Crippen LogP) is 0.262. The van der Waals surface area contributed by atoms with Gasteiger partial charge in [-0.25, -0.2) is 9.18 Å². The first-order valence-corrected chi connectivity index (χ1v) is 18.2. The Morgan fingerprint density at radius 2 is 1.57 bits per heavy atom. The van der Waals surface area contributed by atoms with Crippen LogP contribution in [0.4, 0.5) is 14.9 Å². The third kappa shape index (κ3) is 8.23. The minimum Gasteiger partial charge on any atom is -1.00 e. The second kappa shape index (κ2) is 16.3. The van der Waals surface area contributed by atoms with E-state index in [0.717, 1.165) is 49.3 Å². The molecular weight excluding hydrogens is 703 g/mol. The van der Waals surface area contributed by atoms with E-state index in [9.17, 15) is 29.0 Å². The predicted molar refractivity (Wildman–Crippen MR) is 192 cm³/mol. The summed E-state index contributed by atoms with van der Waals surface area (Å²) in [7, 11) is 1.51. The number of quaternary nitrogens is 1. The van der Waals surface area contributed by atoms with Gasteiger partial charge in [-0.3, -0.25) is 14.5 Å². The van der Waals surface area contributed by atoms with Crippen molar-refractivity contribution in [3.8, 4) is 11.5 Å². The molecule has 5 aliphatic rings. The number of hydrogen-bond donors (Lipinski definition) is 3. The lowest BCUT2D eigenvalue weighted by molar-refractivity contribution is -0.934. The molecule has 5 saturated heterocycles. The van der Waals surface area contributed by atoms with Crippen molar-refractivity contribution in [3.63, 3.8) is 0 Å². The molecule has 12 nitrogen and oxygen atoms in total. The number of benzene rings is 3. The summed E-state index contributed by atoms with van der Waals surface area (Å²) in [4.78, 5) is 47.6. The molecule has 3 aromatic rings. The number of halogens is 2. The number of rotatable bonds is 11. The monoisotopic (exact) mass is 750 g/mol. The van der Waals surface area contributed by atoms with Crippen LogP contribution in [0, 0.1) is 11.7 Å². The molecule has 284 valence electrons. The van der Waals surface area contributed by atoms with Crippen molar-refractivity contribution in [2.45, 2.75) is 31.5 Å². The molecular formula is C39H48ClFN6O6. The van der Waals surface area contributed by atoms with Crippen LogP contribution >= 0.6 is 0 Å². The summed E-state index contributed by atoms with van der Waals surface area (Å²) in [6, 6.07) is 17.4. The van der Waals surface area contributed by atoms with Crippen molar-refractivity contribution in [1.29, 1.82) is 0 Å². The molecule has 3 aromatic carbocycles. The maximum Gasteiger partial charge on any atom is 0.317 e. The number of β-lactam (4-membered cyclic amide) rings is 1. The summed E-state index contributed by atoms with van der Waals surface area (Å²) >= 11 is 0. The Kier molecular flexibility index (Phi) is 11.8. The molecule has 0 radical (unpaired) electrons. The fourth-order valence-corrected chi connectivity index (χ4v) is 8.14. The smallest absolute Gasteiger partial charge is 0.317 e. The number of amides is 4. The molecule has 0 aromatic heterocycles. The van der Waals surface area contributed by atoms with Gasteiger partial charge in [0.15, 0.2) is 6.54 Å². The summed E-state index contributed by atoms with van der Waals surface area (Å²) in [6.07, 6.45) is -0.228. The molecule has 0 aliphatic carbocycles. The van der Waals surface area contributed by atoms with Crippen molar-refractivity contribution in [3.05, 3.63) is 89.2 Å². The van der Waals surface area contributed by atoms with Gasteiger partial charge >= 0.3 is 6.03 Å². The zero-order valence-corrected chi connectivity index (χ0v) is 30.8. The Morgan fingerprint density at radius 1 is 0.925 bits per heavy atom. The maximum atomic E-state index is 13.6. The lowest BCUT2D eigenvalue weighted by Crippen LogP contribution is -3.00. The Hall–Kier alpha value is -4.43. The number of piperazine rings is 4. The summed E-state index contributed by atoms with van der Waals surface area (Å²) in [5, 5.41) is 24.7. The average molecular weight is 751 g/mol. The summed E-state index contributed by atoms with van der Waals surface area (Å²) < 4.78 is 19.6. The number of carbonyl (C=O) groups is 3. The fourth-order valence-electron chi connectivity index (χ4n) is 8.14. The number of methoxy groups -OCH3 is 1. The lowest BCUT2D eigenvalue weighted by Gasteiger charge is -2.50. The second-order valence-electron chi connectivity index (χ2n) is 14.5. The van der Waals surface area contributed by atoms with Crippen LogP contribution in [0.15, 0.2) is 66.7 Å². The number of carbonyl (C=O) groups excluding carboxylic acids is 3. The number of nitrogens with one attached hydrogen (secondary N) is 1. The van der Waals surface area contributed by atoms with Crippen LogP contribution in [-0.4, -0.2) is 126 Å². The van der Waals surface area contributed by atoms with Gasteiger partial charge in [0.25, 0.3) is 5.91 Å². The van der Waals surface area contributed by atoms with E-state index in [2.05, 4.69) is 10.2 Å². The molecule has 8 rings (SSSR count). The zero-order chi connectivity index (χ0) is 36.4. The largest absolute Gasteiger partial charge is 1.00 e. The van der Waals surface area contributed by atoms with Crippen molar-refractivity contribution in [1.82, 2.24) is 20.0 Å². The number of phenolic OH excluding ortho intramolecular Hbond substituents is 1. The molecule has 0 spiro atoms. The first-order chi connectivity index (χ1) is 25.1. The lowest BCUT2D eigenvalue weighted by atomic mass is 9.78. The normalized spacial score (nSPS) is 24.2. The molecule has 4 amide bonds. The second-order valence-corrected chi connectivity index (χ2v) is 14.5. The van der Waals surface area contributed by atoms with Gasteiger partial charge in [0.2, 0.25) is 5.91 Å². The molecule has 53 heavy (non-hydrogen) atoms. The van der Waals surface area contributed by atoms with E-state index in [4.69, 9.17) is 4.74 Å². The summed E-state index contributed by atoms with van der Waals surface area (Å²) in [5.41, 5.74) is 2.65. The van der Waals surface area contributed by atoms with Crippen LogP contribution in [0.2, 0.25) is 0 Å². The Morgan fingerprint density at radius 3 is 2.19 bits per heavy atom. The number of aliphatic hydroxyl groups is 1. The van der Waals surface area contributed by atoms with Crippen LogP contribution in [-0.2, 0) is 16.1 Å². The SMILES string of the molecule is COc1ccc(C2C(CCC(O)c3ccc(F)cc3)C(=O)N2c2ccc(CNC(=O)N3CCN(C(=O)C[N+]45CCN(CC4)CC5)CC3)cc2)c(O)c1.[Cl-]. The van der Waals surface area contributed by atoms with Crippen LogP contribution in [0.25, 0.3) is 0 Å². The van der Waals surface area contributed by atoms with Gasteiger partial charge in [-0.15, -0.1) is 0 Å². The quantitative estimate of drug-likeness (QED) is 0.190. The molecule has 3 N–H and O–H groups in total. The average Bonchev–Trinajstić information content (AvgIpc) is 3.17. The number of urea groups is 1. The Balaban J connectivity index is 0.00000481. The third-order valence-electron chi connectivity index (χ3n) is 11.5. The van der Waals surface area contributed by atoms with E-state index in [-0.39, 0.29) is 48.2 Å². The number of fused-ring (bicyclic) bond motifs is 3. The molecule has 2 bridgehead atoms. The van der Waals surface area contributed by atoms with Gasteiger partial charge in [0.1, 0.15) is 17.3 Å². The van der Waals surface area contributed by atoms with Gasteiger partial charge in [0.05, 0.1) is 44.8 Å². The number of aliphatic hydroxyl groups excluding tert-OH is 1. The molecule has 3 unspecified atom stereocenters.